The molecular formula is C22H15N3O4. The van der Waals surface area contributed by atoms with Crippen molar-refractivity contribution in [3.63, 3.8) is 0 Å². The van der Waals surface area contributed by atoms with E-state index in [0.29, 0.717) is 16.7 Å². The normalized spacial score (nSPS) is 10.6. The van der Waals surface area contributed by atoms with Crippen molar-refractivity contribution in [3.8, 4) is 40.0 Å². The fraction of sp³-hybridized carbons (Fsp3) is 0.0455. The quantitative estimate of drug-likeness (QED) is 0.516. The van der Waals surface area contributed by atoms with E-state index in [1.807, 2.05) is 18.2 Å². The SMILES string of the molecule is COc1cc(-c2cc(-c3cc4ccccc4oc3=O)nc(N)c2C#N)ccc1O. The first kappa shape index (κ1) is 18.1. The van der Waals surface area contributed by atoms with Crippen molar-refractivity contribution in [2.24, 2.45) is 0 Å². The zero-order chi connectivity index (χ0) is 20.5. The lowest BCUT2D eigenvalue weighted by molar-refractivity contribution is 0.373. The largest absolute Gasteiger partial charge is 0.504 e. The second-order valence-electron chi connectivity index (χ2n) is 6.30. The first-order valence-corrected chi connectivity index (χ1v) is 8.63. The smallest absolute Gasteiger partial charge is 0.345 e. The molecule has 0 aliphatic heterocycles. The van der Waals surface area contributed by atoms with Gasteiger partial charge in [0.15, 0.2) is 11.5 Å². The number of hydrogen-bond acceptors (Lipinski definition) is 7. The predicted molar refractivity (Wildman–Crippen MR) is 108 cm³/mol. The third-order valence-electron chi connectivity index (χ3n) is 4.57. The number of anilines is 1. The van der Waals surface area contributed by atoms with Gasteiger partial charge in [-0.1, -0.05) is 24.3 Å². The number of nitrogens with zero attached hydrogens (tertiary/aromatic N) is 2. The minimum atomic E-state index is -0.561. The summed E-state index contributed by atoms with van der Waals surface area (Å²) in [4.78, 5) is 16.8. The van der Waals surface area contributed by atoms with Crippen LogP contribution in [0.2, 0.25) is 0 Å². The molecule has 3 N–H and O–H groups in total. The van der Waals surface area contributed by atoms with Gasteiger partial charge < -0.3 is 20.0 Å². The monoisotopic (exact) mass is 385 g/mol. The van der Waals surface area contributed by atoms with Gasteiger partial charge in [0.05, 0.1) is 18.4 Å². The van der Waals surface area contributed by atoms with E-state index in [0.717, 1.165) is 5.39 Å². The number of nitrogens with two attached hydrogens (primary N) is 1. The number of ether oxygens (including phenoxy) is 1. The minimum absolute atomic E-state index is 0.0143. The van der Waals surface area contributed by atoms with Crippen molar-refractivity contribution in [1.82, 2.24) is 4.98 Å². The lowest BCUT2D eigenvalue weighted by Gasteiger charge is -2.11. The van der Waals surface area contributed by atoms with Crippen LogP contribution in [0.4, 0.5) is 5.82 Å². The lowest BCUT2D eigenvalue weighted by atomic mass is 9.98. The fourth-order valence-electron chi connectivity index (χ4n) is 3.13. The van der Waals surface area contributed by atoms with Gasteiger partial charge in [0.25, 0.3) is 0 Å². The van der Waals surface area contributed by atoms with Gasteiger partial charge in [0.2, 0.25) is 0 Å². The summed E-state index contributed by atoms with van der Waals surface area (Å²) in [5, 5.41) is 20.2. The number of para-hydroxylation sites is 1. The Bertz CT molecular complexity index is 1350. The molecule has 0 bridgehead atoms. The van der Waals surface area contributed by atoms with Gasteiger partial charge in [-0.3, -0.25) is 0 Å². The number of fused-ring (bicyclic) bond motifs is 1. The molecule has 7 heteroatoms. The molecule has 0 unspecified atom stereocenters. The average Bonchev–Trinajstić information content (AvgIpc) is 2.73. The van der Waals surface area contributed by atoms with Gasteiger partial charge in [-0.25, -0.2) is 9.78 Å². The van der Waals surface area contributed by atoms with Crippen LogP contribution in [-0.4, -0.2) is 17.2 Å². The first-order valence-electron chi connectivity index (χ1n) is 8.63. The van der Waals surface area contributed by atoms with Gasteiger partial charge >= 0.3 is 5.63 Å². The van der Waals surface area contributed by atoms with Gasteiger partial charge in [-0.2, -0.15) is 5.26 Å². The summed E-state index contributed by atoms with van der Waals surface area (Å²) in [6.07, 6.45) is 0. The highest BCUT2D eigenvalue weighted by Crippen LogP contribution is 2.35. The van der Waals surface area contributed by atoms with E-state index < -0.39 is 5.63 Å². The number of pyridine rings is 1. The number of rotatable bonds is 3. The molecule has 0 spiro atoms. The number of benzene rings is 2. The number of nitrogen functional groups attached to an aromatic ring is 1. The Morgan fingerprint density at radius 2 is 1.93 bits per heavy atom. The van der Waals surface area contributed by atoms with Crippen LogP contribution >= 0.6 is 0 Å². The van der Waals surface area contributed by atoms with Crippen molar-refractivity contribution in [1.29, 1.82) is 5.26 Å². The second kappa shape index (κ2) is 7.02. The molecule has 7 nitrogen and oxygen atoms in total. The molecule has 2 aromatic carbocycles. The highest BCUT2D eigenvalue weighted by Gasteiger charge is 2.17. The maximum atomic E-state index is 12.5. The van der Waals surface area contributed by atoms with E-state index >= 15 is 0 Å². The molecule has 0 atom stereocenters. The molecular weight excluding hydrogens is 370 g/mol. The number of methoxy groups -OCH3 is 1. The summed E-state index contributed by atoms with van der Waals surface area (Å²) < 4.78 is 10.5. The zero-order valence-corrected chi connectivity index (χ0v) is 15.3. The number of phenols is 1. The van der Waals surface area contributed by atoms with E-state index in [9.17, 15) is 15.2 Å². The molecule has 0 saturated carbocycles. The predicted octanol–water partition coefficient (Wildman–Crippen LogP) is 3.69. The van der Waals surface area contributed by atoms with Crippen LogP contribution in [0, 0.1) is 11.3 Å². The molecule has 0 fully saturated rings. The Labute approximate surface area is 165 Å². The molecule has 142 valence electrons. The lowest BCUT2D eigenvalue weighted by Crippen LogP contribution is -2.06. The molecule has 0 radical (unpaired) electrons. The minimum Gasteiger partial charge on any atom is -0.504 e. The molecule has 2 heterocycles. The van der Waals surface area contributed by atoms with E-state index in [-0.39, 0.29) is 34.1 Å². The van der Waals surface area contributed by atoms with Crippen molar-refractivity contribution >= 4 is 16.8 Å². The van der Waals surface area contributed by atoms with E-state index in [4.69, 9.17) is 14.9 Å². The van der Waals surface area contributed by atoms with E-state index in [2.05, 4.69) is 4.98 Å². The van der Waals surface area contributed by atoms with Crippen LogP contribution in [0.1, 0.15) is 5.56 Å². The average molecular weight is 385 g/mol. The Hall–Kier alpha value is -4.31. The van der Waals surface area contributed by atoms with Gasteiger partial charge in [-0.15, -0.1) is 0 Å². The summed E-state index contributed by atoms with van der Waals surface area (Å²) in [6.45, 7) is 0. The maximum absolute atomic E-state index is 12.5. The van der Waals surface area contributed by atoms with Crippen LogP contribution in [0.3, 0.4) is 0 Å². The van der Waals surface area contributed by atoms with Gasteiger partial charge in [-0.05, 0) is 35.9 Å². The summed E-state index contributed by atoms with van der Waals surface area (Å²) in [6, 6.07) is 17.1. The maximum Gasteiger partial charge on any atom is 0.345 e. The Balaban J connectivity index is 1.97. The number of hydrogen-bond donors (Lipinski definition) is 2. The number of aromatic hydroxyl groups is 1. The highest BCUT2D eigenvalue weighted by molar-refractivity contribution is 5.84. The summed E-state index contributed by atoms with van der Waals surface area (Å²) >= 11 is 0. The Kier molecular flexibility index (Phi) is 4.37. The third-order valence-corrected chi connectivity index (χ3v) is 4.57. The van der Waals surface area contributed by atoms with Crippen LogP contribution in [-0.2, 0) is 0 Å². The van der Waals surface area contributed by atoms with E-state index in [1.165, 1.54) is 13.2 Å². The Morgan fingerprint density at radius 1 is 1.14 bits per heavy atom. The van der Waals surface area contributed by atoms with Crippen molar-refractivity contribution in [2.75, 3.05) is 12.8 Å². The molecule has 0 aliphatic carbocycles. The second-order valence-corrected chi connectivity index (χ2v) is 6.30. The summed E-state index contributed by atoms with van der Waals surface area (Å²) in [7, 11) is 1.43. The highest BCUT2D eigenvalue weighted by atomic mass is 16.5. The van der Waals surface area contributed by atoms with Crippen molar-refractivity contribution < 1.29 is 14.3 Å². The van der Waals surface area contributed by atoms with Crippen LogP contribution < -0.4 is 16.1 Å². The Morgan fingerprint density at radius 3 is 2.69 bits per heavy atom. The number of nitriles is 1. The molecule has 4 aromatic rings. The van der Waals surface area contributed by atoms with E-state index in [1.54, 1.807) is 36.4 Å². The van der Waals surface area contributed by atoms with Crippen LogP contribution in [0.25, 0.3) is 33.4 Å². The first-order chi connectivity index (χ1) is 14.0. The molecule has 2 aromatic heterocycles. The fourth-order valence-corrected chi connectivity index (χ4v) is 3.13. The van der Waals surface area contributed by atoms with Gasteiger partial charge in [0.1, 0.15) is 23.0 Å². The number of aromatic nitrogens is 1. The summed E-state index contributed by atoms with van der Waals surface area (Å²) in [5.41, 5.74) is 7.63. The number of phenolic OH excluding ortho intramolecular Hbond substituents is 1. The molecule has 0 aliphatic rings. The third kappa shape index (κ3) is 3.13. The van der Waals surface area contributed by atoms with Crippen LogP contribution in [0.5, 0.6) is 11.5 Å². The summed E-state index contributed by atoms with van der Waals surface area (Å²) in [5.74, 6) is 0.195. The molecule has 0 amide bonds. The van der Waals surface area contributed by atoms with Crippen molar-refractivity contribution in [2.45, 2.75) is 0 Å². The molecule has 29 heavy (non-hydrogen) atoms. The molecule has 0 saturated heterocycles. The van der Waals surface area contributed by atoms with Crippen molar-refractivity contribution in [3.05, 3.63) is 70.6 Å². The molecule has 4 rings (SSSR count). The van der Waals surface area contributed by atoms with Crippen LogP contribution in [0.15, 0.2) is 63.8 Å². The van der Waals surface area contributed by atoms with Gasteiger partial charge in [0, 0.05) is 10.9 Å². The topological polar surface area (TPSA) is 122 Å². The zero-order valence-electron chi connectivity index (χ0n) is 15.3. The standard InChI is InChI=1S/C22H15N3O4/c1-28-20-9-12(6-7-18(20)26)14-10-17(25-21(24)16(14)11-23)15-8-13-4-2-3-5-19(13)29-22(15)27/h2-10,26H,1H3,(H2,24,25).